The molecule has 1 heterocycles. The third-order valence-corrected chi connectivity index (χ3v) is 8.81. The number of esters is 1. The van der Waals surface area contributed by atoms with Gasteiger partial charge in [-0.1, -0.05) is 37.6 Å². The van der Waals surface area contributed by atoms with Crippen LogP contribution < -0.4 is 0 Å². The van der Waals surface area contributed by atoms with Gasteiger partial charge >= 0.3 is 5.97 Å². The average molecular weight is 380 g/mol. The van der Waals surface area contributed by atoms with E-state index in [9.17, 15) is 14.4 Å². The Hall–Kier alpha value is -1.97. The standard InChI is InChI=1S/C24H28O4/c1-14(25)18-13-24(28-21(18)27)11-8-20-17-5-4-15-12-16(26)6-9-22(15,2)19(17)7-10-23(20,24)3/h4-5,7,12,17-18,20H,6,8-11,13H2,1-3H3/t17?,18?,20?,22-,23-,24?/m0/s1. The van der Waals surface area contributed by atoms with Crippen LogP contribution in [0.2, 0.25) is 0 Å². The predicted octanol–water partition coefficient (Wildman–Crippen LogP) is 4.11. The zero-order chi connectivity index (χ0) is 19.9. The zero-order valence-electron chi connectivity index (χ0n) is 16.9. The molecule has 6 atom stereocenters. The highest BCUT2D eigenvalue weighted by atomic mass is 16.6. The Morgan fingerprint density at radius 3 is 2.71 bits per heavy atom. The Balaban J connectivity index is 1.55. The monoisotopic (exact) mass is 380 g/mol. The number of carbonyl (C=O) groups is 3. The van der Waals surface area contributed by atoms with E-state index in [2.05, 4.69) is 32.1 Å². The Morgan fingerprint density at radius 2 is 2.00 bits per heavy atom. The van der Waals surface area contributed by atoms with Crippen molar-refractivity contribution in [2.45, 2.75) is 64.9 Å². The van der Waals surface area contributed by atoms with Crippen LogP contribution in [0, 0.1) is 28.6 Å². The molecule has 0 aromatic carbocycles. The highest BCUT2D eigenvalue weighted by Crippen LogP contribution is 2.67. The van der Waals surface area contributed by atoms with Crippen LogP contribution in [0.25, 0.3) is 0 Å². The number of ketones is 2. The molecular weight excluding hydrogens is 352 g/mol. The van der Waals surface area contributed by atoms with Gasteiger partial charge in [-0.25, -0.2) is 0 Å². The number of hydrogen-bond donors (Lipinski definition) is 0. The molecular formula is C24H28O4. The maximum absolute atomic E-state index is 12.4. The van der Waals surface area contributed by atoms with E-state index in [1.165, 1.54) is 12.5 Å². The molecule has 148 valence electrons. The lowest BCUT2D eigenvalue weighted by Crippen LogP contribution is -2.50. The summed E-state index contributed by atoms with van der Waals surface area (Å²) < 4.78 is 6.01. The number of allylic oxidation sites excluding steroid dienone is 6. The molecule has 1 spiro atoms. The topological polar surface area (TPSA) is 60.4 Å². The minimum absolute atomic E-state index is 0.0569. The van der Waals surface area contributed by atoms with Gasteiger partial charge in [0.15, 0.2) is 5.78 Å². The van der Waals surface area contributed by atoms with Crippen LogP contribution in [0.3, 0.4) is 0 Å². The molecule has 4 aliphatic carbocycles. The fraction of sp³-hybridized carbons (Fsp3) is 0.625. The van der Waals surface area contributed by atoms with Gasteiger partial charge in [0.1, 0.15) is 17.3 Å². The first-order valence-corrected chi connectivity index (χ1v) is 10.6. The van der Waals surface area contributed by atoms with Crippen molar-refractivity contribution < 1.29 is 19.1 Å². The van der Waals surface area contributed by atoms with E-state index in [4.69, 9.17) is 4.74 Å². The quantitative estimate of drug-likeness (QED) is 0.390. The van der Waals surface area contributed by atoms with E-state index in [0.717, 1.165) is 31.3 Å². The summed E-state index contributed by atoms with van der Waals surface area (Å²) in [6.45, 7) is 6.05. The van der Waals surface area contributed by atoms with Crippen LogP contribution in [0.15, 0.2) is 35.5 Å². The van der Waals surface area contributed by atoms with Crippen molar-refractivity contribution in [2.24, 2.45) is 28.6 Å². The molecule has 0 aromatic heterocycles. The molecule has 1 saturated heterocycles. The van der Waals surface area contributed by atoms with Gasteiger partial charge in [-0.3, -0.25) is 14.4 Å². The van der Waals surface area contributed by atoms with Gasteiger partial charge in [-0.05, 0) is 50.2 Å². The van der Waals surface area contributed by atoms with Crippen LogP contribution in [-0.2, 0) is 19.1 Å². The molecule has 0 amide bonds. The van der Waals surface area contributed by atoms with E-state index in [1.54, 1.807) is 0 Å². The minimum Gasteiger partial charge on any atom is -0.458 e. The van der Waals surface area contributed by atoms with E-state index in [0.29, 0.717) is 24.7 Å². The largest absolute Gasteiger partial charge is 0.458 e. The summed E-state index contributed by atoms with van der Waals surface area (Å²) in [4.78, 5) is 36.3. The number of Topliss-reactive ketones (excluding diaryl/α,β-unsaturated/α-hetero) is 1. The second kappa shape index (κ2) is 5.55. The van der Waals surface area contributed by atoms with Crippen molar-refractivity contribution in [3.05, 3.63) is 35.5 Å². The minimum atomic E-state index is -0.598. The van der Waals surface area contributed by atoms with Crippen LogP contribution in [0.1, 0.15) is 59.3 Å². The summed E-state index contributed by atoms with van der Waals surface area (Å²) >= 11 is 0. The van der Waals surface area contributed by atoms with Crippen molar-refractivity contribution in [3.63, 3.8) is 0 Å². The summed E-state index contributed by atoms with van der Waals surface area (Å²) in [5, 5.41) is 0. The van der Waals surface area contributed by atoms with Gasteiger partial charge in [0, 0.05) is 29.6 Å². The van der Waals surface area contributed by atoms with Crippen LogP contribution in [0.4, 0.5) is 0 Å². The third kappa shape index (κ3) is 2.09. The Morgan fingerprint density at radius 1 is 1.21 bits per heavy atom. The molecule has 2 fully saturated rings. The maximum atomic E-state index is 12.4. The SMILES string of the molecule is CC(=O)C1CC2(CCC3C4C=CC5=CC(=O)CC[C@]5(C)C4=CC[C@@]32C)OC1=O. The maximum Gasteiger partial charge on any atom is 0.317 e. The lowest BCUT2D eigenvalue weighted by atomic mass is 9.52. The molecule has 0 aromatic rings. The second-order valence-corrected chi connectivity index (χ2v) is 9.99. The summed E-state index contributed by atoms with van der Waals surface area (Å²) in [5.41, 5.74) is 1.87. The molecule has 28 heavy (non-hydrogen) atoms. The van der Waals surface area contributed by atoms with Crippen molar-refractivity contribution in [1.29, 1.82) is 0 Å². The lowest BCUT2D eigenvalue weighted by molar-refractivity contribution is -0.161. The number of fused-ring (bicyclic) bond motifs is 6. The van der Waals surface area contributed by atoms with Gasteiger partial charge in [-0.2, -0.15) is 0 Å². The third-order valence-electron chi connectivity index (χ3n) is 8.81. The van der Waals surface area contributed by atoms with E-state index in [-0.39, 0.29) is 28.4 Å². The molecule has 5 aliphatic rings. The first-order valence-electron chi connectivity index (χ1n) is 10.6. The van der Waals surface area contributed by atoms with Gasteiger partial charge in [0.2, 0.25) is 0 Å². The Labute approximate surface area is 166 Å². The van der Waals surface area contributed by atoms with Crippen LogP contribution >= 0.6 is 0 Å². The lowest BCUT2D eigenvalue weighted by Gasteiger charge is -2.52. The van der Waals surface area contributed by atoms with Gasteiger partial charge in [-0.15, -0.1) is 0 Å². The van der Waals surface area contributed by atoms with Gasteiger partial charge in [0.05, 0.1) is 0 Å². The fourth-order valence-electron chi connectivity index (χ4n) is 6.95. The predicted molar refractivity (Wildman–Crippen MR) is 104 cm³/mol. The average Bonchev–Trinajstić information content (AvgIpc) is 3.13. The molecule has 0 bridgehead atoms. The first kappa shape index (κ1) is 18.1. The van der Waals surface area contributed by atoms with Crippen LogP contribution in [-0.4, -0.2) is 23.1 Å². The Kier molecular flexibility index (Phi) is 3.58. The summed E-state index contributed by atoms with van der Waals surface area (Å²) in [6.07, 6.45) is 13.4. The number of hydrogen-bond acceptors (Lipinski definition) is 4. The second-order valence-electron chi connectivity index (χ2n) is 9.99. The molecule has 1 aliphatic heterocycles. The van der Waals surface area contributed by atoms with Crippen molar-refractivity contribution >= 4 is 17.5 Å². The van der Waals surface area contributed by atoms with Gasteiger partial charge < -0.3 is 4.74 Å². The smallest absolute Gasteiger partial charge is 0.317 e. The fourth-order valence-corrected chi connectivity index (χ4v) is 6.95. The van der Waals surface area contributed by atoms with Crippen molar-refractivity contribution in [1.82, 2.24) is 0 Å². The Bertz CT molecular complexity index is 892. The molecule has 5 rings (SSSR count). The molecule has 1 saturated carbocycles. The van der Waals surface area contributed by atoms with E-state index in [1.807, 2.05) is 6.08 Å². The number of ether oxygens (including phenoxy) is 1. The zero-order valence-corrected chi connectivity index (χ0v) is 16.9. The van der Waals surface area contributed by atoms with Crippen LogP contribution in [0.5, 0.6) is 0 Å². The number of rotatable bonds is 1. The highest BCUT2D eigenvalue weighted by Gasteiger charge is 2.67. The summed E-state index contributed by atoms with van der Waals surface area (Å²) in [6, 6.07) is 0. The summed E-state index contributed by atoms with van der Waals surface area (Å²) in [7, 11) is 0. The first-order chi connectivity index (χ1) is 13.2. The van der Waals surface area contributed by atoms with Gasteiger partial charge in [0.25, 0.3) is 0 Å². The van der Waals surface area contributed by atoms with Crippen molar-refractivity contribution in [2.75, 3.05) is 0 Å². The molecule has 0 radical (unpaired) electrons. The number of carbonyl (C=O) groups excluding carboxylic acids is 3. The van der Waals surface area contributed by atoms with Crippen molar-refractivity contribution in [3.8, 4) is 0 Å². The highest BCUT2D eigenvalue weighted by molar-refractivity contribution is 5.99. The summed E-state index contributed by atoms with van der Waals surface area (Å²) in [5.74, 6) is -0.0511. The molecule has 4 unspecified atom stereocenters. The van der Waals surface area contributed by atoms with E-state index >= 15 is 0 Å². The molecule has 4 nitrogen and oxygen atoms in total. The van der Waals surface area contributed by atoms with E-state index < -0.39 is 11.5 Å². The molecule has 4 heteroatoms. The normalized spacial score (nSPS) is 46.5. The molecule has 0 N–H and O–H groups in total.